The molecule has 0 fully saturated rings. The molecule has 2 nitrogen and oxygen atoms in total. The van der Waals surface area contributed by atoms with Crippen molar-refractivity contribution < 1.29 is 9.13 Å². The molecule has 0 aliphatic carbocycles. The predicted molar refractivity (Wildman–Crippen MR) is 74.6 cm³/mol. The lowest BCUT2D eigenvalue weighted by Gasteiger charge is -2.24. The summed E-state index contributed by atoms with van der Waals surface area (Å²) < 4.78 is 18.8. The highest BCUT2D eigenvalue weighted by atomic mass is 19.1. The minimum atomic E-state index is -0.277. The number of halogens is 1. The Balaban J connectivity index is 2.27. The van der Waals surface area contributed by atoms with Crippen LogP contribution in [0.2, 0.25) is 0 Å². The molecule has 0 aliphatic rings. The Morgan fingerprint density at radius 3 is 2.26 bits per heavy atom. The van der Waals surface area contributed by atoms with E-state index in [2.05, 4.69) is 0 Å². The molecule has 0 aromatic heterocycles. The van der Waals surface area contributed by atoms with Crippen molar-refractivity contribution in [2.45, 2.75) is 26.0 Å². The second-order valence-electron chi connectivity index (χ2n) is 4.71. The molecule has 0 saturated carbocycles. The Morgan fingerprint density at radius 2 is 1.68 bits per heavy atom. The largest absolute Gasteiger partial charge is 0.484 e. The zero-order valence-corrected chi connectivity index (χ0v) is 11.1. The third-order valence-electron chi connectivity index (χ3n) is 3.05. The summed E-state index contributed by atoms with van der Waals surface area (Å²) in [5.41, 5.74) is 8.20. The molecule has 0 heterocycles. The molecule has 0 saturated heterocycles. The molecule has 2 aromatic rings. The first-order valence-electron chi connectivity index (χ1n) is 6.31. The van der Waals surface area contributed by atoms with Crippen molar-refractivity contribution in [3.63, 3.8) is 0 Å². The lowest BCUT2D eigenvalue weighted by molar-refractivity contribution is 0.179. The number of rotatable bonds is 4. The van der Waals surface area contributed by atoms with Gasteiger partial charge in [-0.05, 0) is 49.2 Å². The van der Waals surface area contributed by atoms with Crippen LogP contribution in [0.3, 0.4) is 0 Å². The van der Waals surface area contributed by atoms with E-state index in [1.165, 1.54) is 12.1 Å². The highest BCUT2D eigenvalue weighted by Crippen LogP contribution is 2.26. The fourth-order valence-corrected chi connectivity index (χ4v) is 2.02. The van der Waals surface area contributed by atoms with Crippen LogP contribution in [0.5, 0.6) is 5.75 Å². The van der Waals surface area contributed by atoms with Gasteiger partial charge in [-0.15, -0.1) is 0 Å². The lowest BCUT2D eigenvalue weighted by Crippen LogP contribution is -2.29. The van der Waals surface area contributed by atoms with Crippen LogP contribution in [0.15, 0.2) is 48.5 Å². The zero-order valence-electron chi connectivity index (χ0n) is 11.1. The van der Waals surface area contributed by atoms with Gasteiger partial charge in [0.25, 0.3) is 0 Å². The number of nitrogens with two attached hydrogens (primary N) is 1. The summed E-state index contributed by atoms with van der Waals surface area (Å²) in [5.74, 6) is 0.340. The van der Waals surface area contributed by atoms with Crippen molar-refractivity contribution in [3.05, 3.63) is 65.5 Å². The minimum Gasteiger partial charge on any atom is -0.484 e. The van der Waals surface area contributed by atoms with Crippen LogP contribution < -0.4 is 10.5 Å². The van der Waals surface area contributed by atoms with Crippen LogP contribution >= 0.6 is 0 Å². The van der Waals surface area contributed by atoms with Crippen LogP contribution in [0.4, 0.5) is 4.39 Å². The fourth-order valence-electron chi connectivity index (χ4n) is 2.02. The maximum absolute atomic E-state index is 12.9. The maximum atomic E-state index is 12.9. The van der Waals surface area contributed by atoms with Gasteiger partial charge >= 0.3 is 0 Å². The molecular weight excluding hydrogens is 241 g/mol. The van der Waals surface area contributed by atoms with Gasteiger partial charge in [0.15, 0.2) is 0 Å². The van der Waals surface area contributed by atoms with Crippen molar-refractivity contribution in [2.75, 3.05) is 0 Å². The van der Waals surface area contributed by atoms with E-state index in [4.69, 9.17) is 10.5 Å². The SMILES string of the molecule is Cc1ccccc1C(Oc1ccc(F)cc1)C(C)N. The zero-order chi connectivity index (χ0) is 13.8. The van der Waals surface area contributed by atoms with Crippen LogP contribution in [0.25, 0.3) is 0 Å². The quantitative estimate of drug-likeness (QED) is 0.910. The maximum Gasteiger partial charge on any atom is 0.139 e. The number of benzene rings is 2. The average molecular weight is 259 g/mol. The molecule has 2 atom stereocenters. The van der Waals surface area contributed by atoms with E-state index >= 15 is 0 Å². The molecule has 2 unspecified atom stereocenters. The van der Waals surface area contributed by atoms with Crippen LogP contribution in [0.1, 0.15) is 24.2 Å². The molecule has 0 bridgehead atoms. The second kappa shape index (κ2) is 5.85. The Bertz CT molecular complexity index is 537. The van der Waals surface area contributed by atoms with E-state index in [-0.39, 0.29) is 18.0 Å². The summed E-state index contributed by atoms with van der Waals surface area (Å²) in [6.45, 7) is 3.93. The molecule has 2 N–H and O–H groups in total. The van der Waals surface area contributed by atoms with Gasteiger partial charge in [0.1, 0.15) is 17.7 Å². The number of hydrogen-bond donors (Lipinski definition) is 1. The summed E-state index contributed by atoms with van der Waals surface area (Å²) in [6, 6.07) is 13.8. The van der Waals surface area contributed by atoms with Crippen molar-refractivity contribution in [2.24, 2.45) is 5.73 Å². The monoisotopic (exact) mass is 259 g/mol. The van der Waals surface area contributed by atoms with Crippen molar-refractivity contribution >= 4 is 0 Å². The van der Waals surface area contributed by atoms with Gasteiger partial charge in [-0.1, -0.05) is 24.3 Å². The van der Waals surface area contributed by atoms with Gasteiger partial charge in [-0.25, -0.2) is 4.39 Å². The molecule has 2 aromatic carbocycles. The van der Waals surface area contributed by atoms with E-state index < -0.39 is 0 Å². The molecule has 0 aliphatic heterocycles. The topological polar surface area (TPSA) is 35.2 Å². The molecule has 19 heavy (non-hydrogen) atoms. The van der Waals surface area contributed by atoms with Gasteiger partial charge in [-0.3, -0.25) is 0 Å². The molecule has 0 radical (unpaired) electrons. The van der Waals surface area contributed by atoms with Gasteiger partial charge in [-0.2, -0.15) is 0 Å². The first-order chi connectivity index (χ1) is 9.08. The lowest BCUT2D eigenvalue weighted by atomic mass is 9.99. The first-order valence-corrected chi connectivity index (χ1v) is 6.31. The fraction of sp³-hybridized carbons (Fsp3) is 0.250. The number of aryl methyl sites for hydroxylation is 1. The Hall–Kier alpha value is -1.87. The number of hydrogen-bond acceptors (Lipinski definition) is 2. The standard InChI is InChI=1S/C16H18FNO/c1-11-5-3-4-6-15(11)16(12(2)18)19-14-9-7-13(17)8-10-14/h3-10,12,16H,18H2,1-2H3. The second-order valence-corrected chi connectivity index (χ2v) is 4.71. The number of ether oxygens (including phenoxy) is 1. The normalized spacial score (nSPS) is 13.9. The molecule has 2 rings (SSSR count). The van der Waals surface area contributed by atoms with Crippen LogP contribution in [-0.2, 0) is 0 Å². The van der Waals surface area contributed by atoms with E-state index in [0.717, 1.165) is 11.1 Å². The van der Waals surface area contributed by atoms with E-state index in [0.29, 0.717) is 5.75 Å². The van der Waals surface area contributed by atoms with Crippen molar-refractivity contribution in [1.82, 2.24) is 0 Å². The van der Waals surface area contributed by atoms with Gasteiger partial charge in [0.2, 0.25) is 0 Å². The Labute approximate surface area is 113 Å². The average Bonchev–Trinajstić information content (AvgIpc) is 2.39. The Kier molecular flexibility index (Phi) is 4.17. The third-order valence-corrected chi connectivity index (χ3v) is 3.05. The van der Waals surface area contributed by atoms with E-state index in [1.807, 2.05) is 38.1 Å². The summed E-state index contributed by atoms with van der Waals surface area (Å²) in [5, 5.41) is 0. The van der Waals surface area contributed by atoms with E-state index in [9.17, 15) is 4.39 Å². The summed E-state index contributed by atoms with van der Waals surface area (Å²) in [6.07, 6.45) is -0.244. The van der Waals surface area contributed by atoms with Gasteiger partial charge < -0.3 is 10.5 Å². The van der Waals surface area contributed by atoms with Gasteiger partial charge in [0, 0.05) is 6.04 Å². The highest BCUT2D eigenvalue weighted by molar-refractivity contribution is 5.31. The summed E-state index contributed by atoms with van der Waals surface area (Å²) in [7, 11) is 0. The minimum absolute atomic E-state index is 0.161. The first kappa shape index (κ1) is 13.6. The van der Waals surface area contributed by atoms with Crippen molar-refractivity contribution in [3.8, 4) is 5.75 Å². The predicted octanol–water partition coefficient (Wildman–Crippen LogP) is 3.60. The molecule has 0 spiro atoms. The highest BCUT2D eigenvalue weighted by Gasteiger charge is 2.19. The molecule has 0 amide bonds. The molecule has 100 valence electrons. The van der Waals surface area contributed by atoms with Gasteiger partial charge in [0.05, 0.1) is 0 Å². The van der Waals surface area contributed by atoms with Crippen LogP contribution in [0, 0.1) is 12.7 Å². The third kappa shape index (κ3) is 3.32. The van der Waals surface area contributed by atoms with E-state index in [1.54, 1.807) is 12.1 Å². The summed E-state index contributed by atoms with van der Waals surface area (Å²) >= 11 is 0. The summed E-state index contributed by atoms with van der Waals surface area (Å²) in [4.78, 5) is 0. The smallest absolute Gasteiger partial charge is 0.139 e. The molecule has 3 heteroatoms. The van der Waals surface area contributed by atoms with Crippen molar-refractivity contribution in [1.29, 1.82) is 0 Å². The molecular formula is C16H18FNO. The Morgan fingerprint density at radius 1 is 1.05 bits per heavy atom. The van der Waals surface area contributed by atoms with Crippen LogP contribution in [-0.4, -0.2) is 6.04 Å².